The Morgan fingerprint density at radius 1 is 0.350 bits per heavy atom. The number of ether oxygens (including phenoxy) is 8. The topological polar surface area (TPSA) is 676 Å². The Balaban J connectivity index is 0.000000179. The molecule has 776 valence electrons. The fourth-order valence-electron chi connectivity index (χ4n) is 13.9. The Morgan fingerprint density at radius 3 is 1.00 bits per heavy atom. The van der Waals surface area contributed by atoms with Crippen LogP contribution in [0.5, 0.6) is 0 Å². The number of aliphatic hydroxyl groups is 16. The SMILES string of the molecule is C=C1N=C(N)C(F)=CN1[C@@H]1O[C@H](CO)[C@H](F)C1O.Nc1ccn([C@@H]2O[C@H](CO)[C@H](F)C2O)c(=S)n1.O=c1[nH]c(=S)c(F)cn1[C@@H]1O[C@H](CO)[C@H](F)C1O.O=c1[nH]c(=S)ccn1[C@@H]1O[C@H](CO)[C@H](F)C1O.O=c1[nH]c(=S)n([C@@H]2O[C@H](CO)[C@H](F)C2O)cc1F.O=c1ccn([C@@H]2O[C@H](CO)[C@H](F)C2O)c(=S)[nH]1.OC[C@H]1O[C@@H](n2cc(F)c(=S)[nH]c2=S)C(O)[C@H]1F.OC[C@H]1O[C@@H](n2ccc(=S)[nH]c2=S)C(O)[C@H]1F. The lowest BCUT2D eigenvalue weighted by Crippen LogP contribution is -2.41. The fraction of sp³-hybridized carbons (Fsp3) is 0.548. The second-order valence-electron chi connectivity index (χ2n) is 30.3. The maximum Gasteiger partial charge on any atom is 0.328 e. The van der Waals surface area contributed by atoms with E-state index < -0.39 is 295 Å². The molecule has 16 heterocycles. The Kier molecular flexibility index (Phi) is 41.8. The minimum atomic E-state index is -1.86. The van der Waals surface area contributed by atoms with Crippen molar-refractivity contribution in [2.75, 3.05) is 58.6 Å². The minimum Gasteiger partial charge on any atom is -0.394 e. The average Bonchev–Trinajstić information content (AvgIpc) is 1.64. The lowest BCUT2D eigenvalue weighted by molar-refractivity contribution is -0.0692. The van der Waals surface area contributed by atoms with Gasteiger partial charge >= 0.3 is 11.4 Å². The maximum atomic E-state index is 13.5. The smallest absolute Gasteiger partial charge is 0.328 e. The molecule has 7 aromatic rings. The van der Waals surface area contributed by atoms with E-state index in [0.29, 0.717) is 9.21 Å². The molecule has 8 fully saturated rings. The van der Waals surface area contributed by atoms with E-state index in [1.54, 1.807) is 6.07 Å². The van der Waals surface area contributed by atoms with Crippen molar-refractivity contribution in [1.82, 2.24) is 71.8 Å². The number of rotatable bonds is 16. The molecule has 0 radical (unpaired) electrons. The molecule has 0 saturated carbocycles. The third-order valence-corrected chi connectivity index (χ3v) is 23.8. The molecule has 0 bridgehead atoms. The minimum absolute atomic E-state index is 0.00348. The van der Waals surface area contributed by atoms with Gasteiger partial charge in [-0.1, -0.05) is 55.5 Å². The Labute approximate surface area is 820 Å². The molecule has 0 amide bonds. The second-order valence-corrected chi connectivity index (χ2v) is 33.9. The highest BCUT2D eigenvalue weighted by atomic mass is 32.1. The van der Waals surface area contributed by atoms with Crippen LogP contribution in [-0.4, -0.2) is 365 Å². The second kappa shape index (κ2) is 50.8. The van der Waals surface area contributed by atoms with E-state index in [9.17, 15) is 113 Å². The van der Waals surface area contributed by atoms with E-state index in [4.69, 9.17) is 176 Å². The van der Waals surface area contributed by atoms with Crippen molar-refractivity contribution >= 4 is 122 Å². The van der Waals surface area contributed by atoms with E-state index >= 15 is 0 Å². The van der Waals surface area contributed by atoms with Gasteiger partial charge in [0.05, 0.1) is 65.2 Å². The third kappa shape index (κ3) is 26.6. The van der Waals surface area contributed by atoms with Gasteiger partial charge in [-0.3, -0.25) is 61.5 Å². The molecular formula is C73H88F12N18O28S9. The van der Waals surface area contributed by atoms with Crippen LogP contribution in [0.25, 0.3) is 0 Å². The van der Waals surface area contributed by atoms with E-state index in [1.165, 1.54) is 56.7 Å². The van der Waals surface area contributed by atoms with Crippen LogP contribution in [-0.2, 0) is 37.9 Å². The number of alkyl halides is 8. The lowest BCUT2D eigenvalue weighted by atomic mass is 10.1. The van der Waals surface area contributed by atoms with Gasteiger partial charge in [-0.15, -0.1) is 0 Å². The van der Waals surface area contributed by atoms with Crippen LogP contribution in [0, 0.1) is 59.9 Å². The summed E-state index contributed by atoms with van der Waals surface area (Å²) in [7, 11) is 0. The number of nitrogen functional groups attached to an aromatic ring is 1. The van der Waals surface area contributed by atoms with Gasteiger partial charge < -0.3 is 146 Å². The van der Waals surface area contributed by atoms with Gasteiger partial charge in [-0.05, 0) is 79.3 Å². The Morgan fingerprint density at radius 2 is 0.636 bits per heavy atom. The molecule has 26 N–H and O–H groups in total. The molecule has 32 atom stereocenters. The first-order valence-corrected chi connectivity index (χ1v) is 43.9. The van der Waals surface area contributed by atoms with Gasteiger partial charge in [0.2, 0.25) is 10.6 Å². The van der Waals surface area contributed by atoms with Crippen molar-refractivity contribution in [3.8, 4) is 0 Å². The normalized spacial score (nSPS) is 32.9. The number of H-pyrrole nitrogens is 6. The molecule has 16 rings (SSSR count). The molecule has 46 nitrogen and oxygen atoms in total. The number of nitrogens with zero attached hydrogens (tertiary/aromatic N) is 10. The number of aromatic nitrogens is 14. The molecule has 0 aliphatic carbocycles. The number of nitrogens with two attached hydrogens (primary N) is 2. The lowest BCUT2D eigenvalue weighted by Gasteiger charge is -2.30. The Hall–Kier alpha value is -8.51. The predicted octanol–water partition coefficient (Wildman–Crippen LogP) is -0.736. The summed E-state index contributed by atoms with van der Waals surface area (Å²) in [4.78, 5) is 67.2. The quantitative estimate of drug-likeness (QED) is 0.0419. The summed E-state index contributed by atoms with van der Waals surface area (Å²) in [6.45, 7) is -1.07. The van der Waals surface area contributed by atoms with Crippen LogP contribution in [0.3, 0.4) is 0 Å². The highest BCUT2D eigenvalue weighted by molar-refractivity contribution is 7.72. The molecule has 7 aromatic heterocycles. The molecular weight excluding hydrogens is 2090 g/mol. The van der Waals surface area contributed by atoms with Gasteiger partial charge in [-0.2, -0.15) is 4.39 Å². The first-order valence-electron chi connectivity index (χ1n) is 40.2. The molecule has 0 aromatic carbocycles. The van der Waals surface area contributed by atoms with Crippen molar-refractivity contribution in [3.05, 3.63) is 194 Å². The van der Waals surface area contributed by atoms with E-state index in [-0.39, 0.29) is 55.3 Å². The Bertz CT molecular complexity index is 5900. The zero-order chi connectivity index (χ0) is 104. The summed E-state index contributed by atoms with van der Waals surface area (Å²) < 4.78 is 209. The van der Waals surface area contributed by atoms with Crippen molar-refractivity contribution < 1.29 is 172 Å². The van der Waals surface area contributed by atoms with Gasteiger partial charge in [0.15, 0.2) is 142 Å². The van der Waals surface area contributed by atoms with Gasteiger partial charge in [-0.25, -0.2) is 67.9 Å². The highest BCUT2D eigenvalue weighted by Gasteiger charge is 2.53. The molecule has 9 aliphatic rings. The molecule has 140 heavy (non-hydrogen) atoms. The largest absolute Gasteiger partial charge is 0.394 e. The molecule has 8 unspecified atom stereocenters. The van der Waals surface area contributed by atoms with Gasteiger partial charge in [0, 0.05) is 43.3 Å². The first kappa shape index (κ1) is 115. The van der Waals surface area contributed by atoms with E-state index in [1.807, 2.05) is 9.97 Å². The summed E-state index contributed by atoms with van der Waals surface area (Å²) in [6.07, 6.45) is -35.6. The predicted molar refractivity (Wildman–Crippen MR) is 474 cm³/mol. The van der Waals surface area contributed by atoms with Crippen LogP contribution >= 0.6 is 110 Å². The maximum absolute atomic E-state index is 13.5. The summed E-state index contributed by atoms with van der Waals surface area (Å²) in [6, 6.07) is 5.63. The number of nitrogens with one attached hydrogen (secondary N) is 6. The van der Waals surface area contributed by atoms with Crippen molar-refractivity contribution in [3.63, 3.8) is 0 Å². The van der Waals surface area contributed by atoms with E-state index in [0.717, 1.165) is 43.4 Å². The molecule has 0 spiro atoms. The number of aliphatic hydroxyl groups excluding tert-OH is 16. The zero-order valence-corrected chi connectivity index (χ0v) is 78.0. The number of aliphatic imine (C=N–C) groups is 1. The molecule has 9 aliphatic heterocycles. The summed E-state index contributed by atoms with van der Waals surface area (Å²) >= 11 is 43.3. The zero-order valence-electron chi connectivity index (χ0n) is 70.7. The van der Waals surface area contributed by atoms with Crippen LogP contribution in [0.4, 0.5) is 58.5 Å². The van der Waals surface area contributed by atoms with Crippen LogP contribution in [0.2, 0.25) is 0 Å². The fourth-order valence-corrected chi connectivity index (χ4v) is 15.9. The van der Waals surface area contributed by atoms with Crippen molar-refractivity contribution in [2.45, 2.75) is 197 Å². The van der Waals surface area contributed by atoms with Crippen LogP contribution < -0.4 is 34.0 Å². The van der Waals surface area contributed by atoms with Crippen LogP contribution in [0.1, 0.15) is 43.6 Å². The highest BCUT2D eigenvalue weighted by Crippen LogP contribution is 2.39. The number of aromatic amines is 6. The summed E-state index contributed by atoms with van der Waals surface area (Å²) in [5.74, 6) is -3.74. The summed E-state index contributed by atoms with van der Waals surface area (Å²) in [5, 5.41) is 148. The first-order chi connectivity index (χ1) is 66.0. The van der Waals surface area contributed by atoms with Crippen molar-refractivity contribution in [2.24, 2.45) is 10.7 Å². The number of hydrogen-bond donors (Lipinski definition) is 24. The third-order valence-electron chi connectivity index (χ3n) is 21.2. The molecule has 8 saturated heterocycles. The number of hydrogen-bond acceptors (Lipinski definition) is 42. The standard InChI is InChI=1S/C10H13F2N3O3.2C9H10F2N2O4S.C9H10F2N2O3S2.C9H12FN3O3S.2C9H11FN2O4S.C9H11FN2O3S2/c1-4-14-9(13)5(11)2-15(4)10-8(17)7(12)6(3-16)18-10;10-3-1-13(9(16)12-7(3)18)8-6(15)5(11)4(2-14)17-8;10-3-1-13(9(18)12-7(3)16)8-6(15)5(11)4(2-14)17-8;10-3-1-13(9(18)12-7(3)17)8-6(15)5(11)4(2-14)16-8;10-6-4(3-14)16-8(7(6)15)13-2-1-5(11)12-9(13)17;10-6-4(3-13)16-8(7(6)14)12-2-1-5(17)11-9(12)15;10-6-4(3-13)16-8(7(6)15)12-2-1-5(14)11-9(12)17;10-6-4(3-13)15-8(7(6)14)12-2-1-5(16)11-9(12)17/h2,6-8,10,16-17H,1,3H2,(H2,13,14);2*1,4-6,8,14-15H,2H2,(H,12,16,18);1,4-6,8,14-15H,2H2,(H,12,17,18);1-2,4,6-8,14-15H,3H2,(H2,11,12,17);1-2,4,6-8,13-14H,3H2,(H,11,15,17);1-2,4,6-8,13,15H,3H2,(H,11,14,17);1-2,4,6-8,13-14H,3H2,(H,11,16,17)/t6-,7+,8?,10-;3*4-,5+,6?,8-;4*4-,6+,7?,8-/m11111111/s1. The monoisotopic (exact) mass is 2180 g/mol. The average molecular weight is 2180 g/mol. The summed E-state index contributed by atoms with van der Waals surface area (Å²) in [5.41, 5.74) is 7.83. The van der Waals surface area contributed by atoms with Gasteiger partial charge in [0.1, 0.15) is 128 Å². The number of anilines is 1. The van der Waals surface area contributed by atoms with Gasteiger partial charge in [0.25, 0.3) is 11.1 Å². The number of halogens is 12. The van der Waals surface area contributed by atoms with E-state index in [2.05, 4.69) is 60.9 Å². The van der Waals surface area contributed by atoms with Crippen LogP contribution in [0.15, 0.2) is 116 Å². The molecule has 67 heteroatoms. The van der Waals surface area contributed by atoms with Crippen molar-refractivity contribution in [1.29, 1.82) is 0 Å². The number of amidine groups is 1.